The van der Waals surface area contributed by atoms with Crippen LogP contribution >= 0.6 is 12.4 Å². The first-order chi connectivity index (χ1) is 6.77. The van der Waals surface area contributed by atoms with Crippen LogP contribution in [0.4, 0.5) is 0 Å². The average Bonchev–Trinajstić information content (AvgIpc) is 2.12. The summed E-state index contributed by atoms with van der Waals surface area (Å²) < 4.78 is 5.18. The number of morpholine rings is 1. The van der Waals surface area contributed by atoms with Crippen molar-refractivity contribution in [2.75, 3.05) is 26.3 Å². The molecule has 2 aliphatic rings. The average molecular weight is 236 g/mol. The number of hydrogen-bond donors (Lipinski definition) is 1. The molecule has 5 heteroatoms. The van der Waals surface area contributed by atoms with E-state index < -0.39 is 12.0 Å². The molecule has 0 radical (unpaired) electrons. The molecular weight excluding hydrogens is 218 g/mol. The highest BCUT2D eigenvalue weighted by atomic mass is 35.5. The van der Waals surface area contributed by atoms with E-state index in [0.717, 1.165) is 19.0 Å². The topological polar surface area (TPSA) is 49.8 Å². The van der Waals surface area contributed by atoms with Crippen LogP contribution in [0.2, 0.25) is 0 Å². The van der Waals surface area contributed by atoms with Crippen molar-refractivity contribution < 1.29 is 14.6 Å². The number of aliphatic carboxylic acids is 1. The summed E-state index contributed by atoms with van der Waals surface area (Å²) in [6, 6.07) is -0.413. The van der Waals surface area contributed by atoms with Gasteiger partial charge in [-0.1, -0.05) is 6.42 Å². The van der Waals surface area contributed by atoms with E-state index in [4.69, 9.17) is 9.84 Å². The molecule has 1 unspecified atom stereocenters. The van der Waals surface area contributed by atoms with Gasteiger partial charge in [0.2, 0.25) is 0 Å². The maximum absolute atomic E-state index is 10.9. The Balaban J connectivity index is 0.00000112. The Morgan fingerprint density at radius 3 is 2.73 bits per heavy atom. The molecule has 1 aliphatic carbocycles. The largest absolute Gasteiger partial charge is 0.480 e. The van der Waals surface area contributed by atoms with Gasteiger partial charge in [0.15, 0.2) is 0 Å². The van der Waals surface area contributed by atoms with Crippen LogP contribution < -0.4 is 0 Å². The van der Waals surface area contributed by atoms with Crippen molar-refractivity contribution in [3.05, 3.63) is 0 Å². The highest BCUT2D eigenvalue weighted by Gasteiger charge is 2.31. The van der Waals surface area contributed by atoms with Gasteiger partial charge >= 0.3 is 5.97 Å². The number of carboxylic acids is 1. The Morgan fingerprint density at radius 1 is 1.47 bits per heavy atom. The van der Waals surface area contributed by atoms with Crippen molar-refractivity contribution in [1.29, 1.82) is 0 Å². The molecule has 4 nitrogen and oxygen atoms in total. The Morgan fingerprint density at radius 2 is 2.20 bits per heavy atom. The number of hydrogen-bond acceptors (Lipinski definition) is 3. The van der Waals surface area contributed by atoms with Gasteiger partial charge in [0, 0.05) is 13.1 Å². The quantitative estimate of drug-likeness (QED) is 0.793. The number of rotatable bonds is 3. The fourth-order valence-electron chi connectivity index (χ4n) is 2.09. The molecular formula is C10H18ClNO3. The molecule has 0 aromatic carbocycles. The summed E-state index contributed by atoms with van der Waals surface area (Å²) in [4.78, 5) is 13.0. The van der Waals surface area contributed by atoms with Crippen LogP contribution in [0.15, 0.2) is 0 Å². The first-order valence-corrected chi connectivity index (χ1v) is 5.32. The maximum atomic E-state index is 10.9. The minimum Gasteiger partial charge on any atom is -0.480 e. The molecule has 1 aliphatic heterocycles. The highest BCUT2D eigenvalue weighted by Crippen LogP contribution is 2.28. The van der Waals surface area contributed by atoms with Crippen LogP contribution in [-0.4, -0.2) is 48.3 Å². The third-order valence-corrected chi connectivity index (χ3v) is 3.24. The second kappa shape index (κ2) is 5.68. The van der Waals surface area contributed by atoms with Gasteiger partial charge in [0.1, 0.15) is 6.04 Å². The minimum atomic E-state index is -0.746. The first kappa shape index (κ1) is 12.7. The van der Waals surface area contributed by atoms with Gasteiger partial charge in [-0.25, -0.2) is 0 Å². The Bertz CT molecular complexity index is 221. The molecule has 2 rings (SSSR count). The van der Waals surface area contributed by atoms with Crippen LogP contribution in [0.25, 0.3) is 0 Å². The summed E-state index contributed by atoms with van der Waals surface area (Å²) in [5, 5.41) is 8.99. The van der Waals surface area contributed by atoms with Gasteiger partial charge in [-0.2, -0.15) is 0 Å². The molecule has 88 valence electrons. The molecule has 15 heavy (non-hydrogen) atoms. The van der Waals surface area contributed by atoms with E-state index in [2.05, 4.69) is 4.90 Å². The fraction of sp³-hybridized carbons (Fsp3) is 0.900. The predicted molar refractivity (Wildman–Crippen MR) is 58.4 cm³/mol. The Hall–Kier alpha value is -0.320. The van der Waals surface area contributed by atoms with E-state index in [1.54, 1.807) is 0 Å². The van der Waals surface area contributed by atoms with Crippen molar-refractivity contribution >= 4 is 18.4 Å². The van der Waals surface area contributed by atoms with E-state index in [1.165, 1.54) is 19.3 Å². The van der Waals surface area contributed by atoms with E-state index >= 15 is 0 Å². The predicted octanol–water partition coefficient (Wildman–Crippen LogP) is 0.994. The van der Waals surface area contributed by atoms with E-state index in [9.17, 15) is 4.79 Å². The third kappa shape index (κ3) is 3.06. The Labute approximate surface area is 96.0 Å². The van der Waals surface area contributed by atoms with Crippen molar-refractivity contribution in [2.24, 2.45) is 5.92 Å². The van der Waals surface area contributed by atoms with E-state index in [-0.39, 0.29) is 12.4 Å². The van der Waals surface area contributed by atoms with Gasteiger partial charge in [-0.3, -0.25) is 9.69 Å². The molecule has 2 fully saturated rings. The molecule has 1 atom stereocenters. The monoisotopic (exact) mass is 235 g/mol. The van der Waals surface area contributed by atoms with Crippen LogP contribution in [0.1, 0.15) is 19.3 Å². The molecule has 0 aromatic heterocycles. The molecule has 0 amide bonds. The van der Waals surface area contributed by atoms with Crippen molar-refractivity contribution in [3.63, 3.8) is 0 Å². The lowest BCUT2D eigenvalue weighted by Crippen LogP contribution is -2.52. The third-order valence-electron chi connectivity index (χ3n) is 3.24. The lowest BCUT2D eigenvalue weighted by molar-refractivity contribution is -0.150. The zero-order valence-corrected chi connectivity index (χ0v) is 9.54. The molecule has 1 heterocycles. The van der Waals surface area contributed by atoms with Gasteiger partial charge < -0.3 is 9.84 Å². The summed E-state index contributed by atoms with van der Waals surface area (Å²) in [5.74, 6) is -0.0148. The summed E-state index contributed by atoms with van der Waals surface area (Å²) in [6.45, 7) is 2.74. The normalized spacial score (nSPS) is 27.9. The second-order valence-corrected chi connectivity index (χ2v) is 4.22. The smallest absolute Gasteiger partial charge is 0.323 e. The van der Waals surface area contributed by atoms with Crippen molar-refractivity contribution in [1.82, 2.24) is 4.90 Å². The van der Waals surface area contributed by atoms with Gasteiger partial charge in [-0.05, 0) is 18.8 Å². The zero-order valence-electron chi connectivity index (χ0n) is 8.72. The molecule has 1 N–H and O–H groups in total. The standard InChI is InChI=1S/C10H17NO3.ClH/c12-10(13)9-7-14-5-4-11(9)6-8-2-1-3-8;/h8-9H,1-7H2,(H,12,13);1H. The van der Waals surface area contributed by atoms with E-state index in [0.29, 0.717) is 13.2 Å². The van der Waals surface area contributed by atoms with Gasteiger partial charge in [-0.15, -0.1) is 12.4 Å². The number of carbonyl (C=O) groups is 1. The summed E-state index contributed by atoms with van der Waals surface area (Å²) in [7, 11) is 0. The van der Waals surface area contributed by atoms with Crippen molar-refractivity contribution in [2.45, 2.75) is 25.3 Å². The SMILES string of the molecule is Cl.O=C(O)C1COCCN1CC1CCC1. The number of halogens is 1. The maximum Gasteiger partial charge on any atom is 0.323 e. The minimum absolute atomic E-state index is 0. The van der Waals surface area contributed by atoms with Gasteiger partial charge in [0.25, 0.3) is 0 Å². The zero-order chi connectivity index (χ0) is 9.97. The summed E-state index contributed by atoms with van der Waals surface area (Å²) in [6.07, 6.45) is 3.85. The van der Waals surface area contributed by atoms with Crippen LogP contribution in [0.3, 0.4) is 0 Å². The molecule has 1 saturated heterocycles. The summed E-state index contributed by atoms with van der Waals surface area (Å²) in [5.41, 5.74) is 0. The molecule has 1 saturated carbocycles. The number of ether oxygens (including phenoxy) is 1. The highest BCUT2D eigenvalue weighted by molar-refractivity contribution is 5.85. The molecule has 0 spiro atoms. The summed E-state index contributed by atoms with van der Waals surface area (Å²) >= 11 is 0. The van der Waals surface area contributed by atoms with Gasteiger partial charge in [0.05, 0.1) is 13.2 Å². The van der Waals surface area contributed by atoms with E-state index in [1.807, 2.05) is 0 Å². The fourth-order valence-corrected chi connectivity index (χ4v) is 2.09. The lowest BCUT2D eigenvalue weighted by atomic mass is 9.85. The number of nitrogens with zero attached hydrogens (tertiary/aromatic N) is 1. The van der Waals surface area contributed by atoms with Crippen LogP contribution in [0, 0.1) is 5.92 Å². The van der Waals surface area contributed by atoms with Crippen LogP contribution in [0.5, 0.6) is 0 Å². The number of carboxylic acid groups (broad SMARTS) is 1. The molecule has 0 bridgehead atoms. The lowest BCUT2D eigenvalue weighted by Gasteiger charge is -2.37. The van der Waals surface area contributed by atoms with Crippen molar-refractivity contribution in [3.8, 4) is 0 Å². The first-order valence-electron chi connectivity index (χ1n) is 5.32. The van der Waals surface area contributed by atoms with Crippen LogP contribution in [-0.2, 0) is 9.53 Å². The molecule has 0 aromatic rings. The Kier molecular flexibility index (Phi) is 4.83. The second-order valence-electron chi connectivity index (χ2n) is 4.22.